The van der Waals surface area contributed by atoms with Gasteiger partial charge in [0.1, 0.15) is 5.52 Å². The zero-order chi connectivity index (χ0) is 20.5. The van der Waals surface area contributed by atoms with Gasteiger partial charge in [0.2, 0.25) is 0 Å². The summed E-state index contributed by atoms with van der Waals surface area (Å²) in [7, 11) is 3.06. The second kappa shape index (κ2) is 7.55. The lowest BCUT2D eigenvalue weighted by atomic mass is 10.1. The second-order valence-electron chi connectivity index (χ2n) is 6.70. The molecule has 10 nitrogen and oxygen atoms in total. The zero-order valence-corrected chi connectivity index (χ0v) is 16.1. The fourth-order valence-corrected chi connectivity index (χ4v) is 3.47. The molecule has 1 fully saturated rings. The maximum atomic E-state index is 12.5. The summed E-state index contributed by atoms with van der Waals surface area (Å²) in [4.78, 5) is 36.0. The lowest BCUT2D eigenvalue weighted by molar-refractivity contribution is 0.0970. The molecule has 1 atom stereocenters. The quantitative estimate of drug-likeness (QED) is 0.633. The van der Waals surface area contributed by atoms with E-state index in [1.165, 1.54) is 18.8 Å². The number of aromatic amines is 1. The predicted molar refractivity (Wildman–Crippen MR) is 104 cm³/mol. The second-order valence-corrected chi connectivity index (χ2v) is 6.70. The minimum atomic E-state index is -0.760. The van der Waals surface area contributed by atoms with Crippen molar-refractivity contribution in [3.8, 4) is 22.9 Å². The van der Waals surface area contributed by atoms with Crippen molar-refractivity contribution in [2.75, 3.05) is 20.8 Å². The number of rotatable bonds is 6. The van der Waals surface area contributed by atoms with Crippen LogP contribution in [-0.4, -0.2) is 52.4 Å². The molecule has 3 N–H and O–H groups in total. The molecule has 1 aromatic carbocycles. The van der Waals surface area contributed by atoms with Crippen molar-refractivity contribution >= 4 is 17.1 Å². The number of carbonyl (C=O) groups excluding carboxylic acids is 1. The maximum Gasteiger partial charge on any atom is 0.327 e. The summed E-state index contributed by atoms with van der Waals surface area (Å²) in [5.41, 5.74) is 6.18. The summed E-state index contributed by atoms with van der Waals surface area (Å²) in [5.74, 6) is 0.515. The van der Waals surface area contributed by atoms with E-state index >= 15 is 0 Å². The molecule has 0 bridgehead atoms. The zero-order valence-electron chi connectivity index (χ0n) is 16.1. The Hall–Kier alpha value is -3.40. The first-order valence-corrected chi connectivity index (χ1v) is 9.16. The van der Waals surface area contributed by atoms with Crippen LogP contribution in [0.4, 0.5) is 0 Å². The smallest absolute Gasteiger partial charge is 0.327 e. The molecule has 0 aliphatic carbocycles. The summed E-state index contributed by atoms with van der Waals surface area (Å²) >= 11 is 0. The number of imidazole rings is 1. The molecule has 1 saturated heterocycles. The highest BCUT2D eigenvalue weighted by Gasteiger charge is 2.23. The van der Waals surface area contributed by atoms with Gasteiger partial charge in [0.25, 0.3) is 5.91 Å². The first kappa shape index (κ1) is 18.9. The van der Waals surface area contributed by atoms with Crippen LogP contribution in [0.25, 0.3) is 22.6 Å². The highest BCUT2D eigenvalue weighted by molar-refractivity contribution is 6.01. The Morgan fingerprint density at radius 2 is 2.10 bits per heavy atom. The molecule has 0 spiro atoms. The van der Waals surface area contributed by atoms with E-state index in [1.807, 2.05) is 0 Å². The van der Waals surface area contributed by atoms with E-state index in [9.17, 15) is 9.59 Å². The molecule has 29 heavy (non-hydrogen) atoms. The predicted octanol–water partition coefficient (Wildman–Crippen LogP) is 1.08. The Labute approximate surface area is 165 Å². The summed E-state index contributed by atoms with van der Waals surface area (Å²) in [5, 5.41) is 0. The number of fused-ring (bicyclic) bond motifs is 1. The number of hydrogen-bond donors (Lipinski definition) is 2. The molecule has 152 valence electrons. The molecule has 0 saturated carbocycles. The molecule has 2 aromatic heterocycles. The number of amides is 1. The van der Waals surface area contributed by atoms with Crippen molar-refractivity contribution in [3.05, 3.63) is 34.4 Å². The van der Waals surface area contributed by atoms with Gasteiger partial charge >= 0.3 is 5.69 Å². The first-order valence-electron chi connectivity index (χ1n) is 9.16. The van der Waals surface area contributed by atoms with Crippen LogP contribution in [0.3, 0.4) is 0 Å². The van der Waals surface area contributed by atoms with Crippen LogP contribution in [0, 0.1) is 0 Å². The molecule has 3 aromatic rings. The Kier molecular flexibility index (Phi) is 4.93. The minimum absolute atomic E-state index is 0.0528. The number of nitrogens with one attached hydrogen (secondary N) is 1. The largest absolute Gasteiger partial charge is 0.493 e. The summed E-state index contributed by atoms with van der Waals surface area (Å²) in [6, 6.07) is 5.14. The van der Waals surface area contributed by atoms with Gasteiger partial charge in [-0.1, -0.05) is 0 Å². The number of hydrogen-bond acceptors (Lipinski definition) is 7. The third-order valence-corrected chi connectivity index (χ3v) is 4.91. The number of nitrogens with zero attached hydrogens (tertiary/aromatic N) is 3. The number of H-pyrrole nitrogens is 1. The highest BCUT2D eigenvalue weighted by atomic mass is 16.5. The molecule has 4 rings (SSSR count). The van der Waals surface area contributed by atoms with E-state index in [4.69, 9.17) is 19.9 Å². The van der Waals surface area contributed by atoms with E-state index in [2.05, 4.69) is 15.0 Å². The van der Waals surface area contributed by atoms with Crippen LogP contribution in [0.5, 0.6) is 11.5 Å². The molecular formula is C19H21N5O5. The average molecular weight is 399 g/mol. The number of benzene rings is 1. The monoisotopic (exact) mass is 399 g/mol. The number of ether oxygens (including phenoxy) is 3. The lowest BCUT2D eigenvalue weighted by Gasteiger charge is -2.11. The normalized spacial score (nSPS) is 16.3. The Bertz CT molecular complexity index is 1130. The molecule has 0 radical (unpaired) electrons. The number of methoxy groups -OCH3 is 2. The van der Waals surface area contributed by atoms with Gasteiger partial charge in [-0.3, -0.25) is 9.36 Å². The van der Waals surface area contributed by atoms with E-state index < -0.39 is 11.6 Å². The van der Waals surface area contributed by atoms with Crippen LogP contribution in [0.15, 0.2) is 23.0 Å². The molecule has 1 amide bonds. The van der Waals surface area contributed by atoms with Crippen molar-refractivity contribution in [1.82, 2.24) is 19.5 Å². The summed E-state index contributed by atoms with van der Waals surface area (Å²) < 4.78 is 17.7. The minimum Gasteiger partial charge on any atom is -0.493 e. The Morgan fingerprint density at radius 3 is 2.76 bits per heavy atom. The SMILES string of the molecule is COc1ccc(-c2nc(C(N)=O)c3[nH]c(=O)n(CC4CCCO4)c3n2)cc1OC. The standard InChI is InChI=1S/C19H21N5O5/c1-27-12-6-5-10(8-13(12)28-2)17-21-14(16(20)25)15-18(23-17)24(19(26)22-15)9-11-4-3-7-29-11/h5-6,8,11H,3-4,7,9H2,1-2H3,(H2,20,25)(H,22,26). The molecule has 1 aliphatic heterocycles. The Morgan fingerprint density at radius 1 is 1.31 bits per heavy atom. The van der Waals surface area contributed by atoms with Gasteiger partial charge in [-0.25, -0.2) is 14.8 Å². The van der Waals surface area contributed by atoms with Gasteiger partial charge < -0.3 is 24.9 Å². The molecule has 1 unspecified atom stereocenters. The van der Waals surface area contributed by atoms with Crippen molar-refractivity contribution in [2.45, 2.75) is 25.5 Å². The fraction of sp³-hybridized carbons (Fsp3) is 0.368. The van der Waals surface area contributed by atoms with Crippen molar-refractivity contribution in [2.24, 2.45) is 5.73 Å². The van der Waals surface area contributed by atoms with Gasteiger partial charge in [0.05, 0.1) is 26.9 Å². The van der Waals surface area contributed by atoms with Crippen LogP contribution < -0.4 is 20.9 Å². The third kappa shape index (κ3) is 3.42. The summed E-state index contributed by atoms with van der Waals surface area (Å²) in [6.07, 6.45) is 1.72. The van der Waals surface area contributed by atoms with Gasteiger partial charge in [-0.2, -0.15) is 0 Å². The van der Waals surface area contributed by atoms with Crippen molar-refractivity contribution in [3.63, 3.8) is 0 Å². The van der Waals surface area contributed by atoms with Gasteiger partial charge in [0.15, 0.2) is 28.7 Å². The van der Waals surface area contributed by atoms with Gasteiger partial charge in [-0.05, 0) is 31.0 Å². The van der Waals surface area contributed by atoms with Gasteiger partial charge in [0, 0.05) is 12.2 Å². The van der Waals surface area contributed by atoms with Crippen LogP contribution in [-0.2, 0) is 11.3 Å². The van der Waals surface area contributed by atoms with Crippen molar-refractivity contribution < 1.29 is 19.0 Å². The van der Waals surface area contributed by atoms with Crippen LogP contribution >= 0.6 is 0 Å². The average Bonchev–Trinajstić information content (AvgIpc) is 3.35. The number of nitrogens with two attached hydrogens (primary N) is 1. The maximum absolute atomic E-state index is 12.5. The molecular weight excluding hydrogens is 378 g/mol. The number of carbonyl (C=O) groups is 1. The topological polar surface area (TPSA) is 134 Å². The molecule has 10 heteroatoms. The van der Waals surface area contributed by atoms with Crippen LogP contribution in [0.2, 0.25) is 0 Å². The lowest BCUT2D eigenvalue weighted by Crippen LogP contribution is -2.24. The summed E-state index contributed by atoms with van der Waals surface area (Å²) in [6.45, 7) is 1.000. The molecule has 1 aliphatic rings. The highest BCUT2D eigenvalue weighted by Crippen LogP contribution is 2.31. The fourth-order valence-electron chi connectivity index (χ4n) is 3.47. The van der Waals surface area contributed by atoms with E-state index in [-0.39, 0.29) is 23.1 Å². The van der Waals surface area contributed by atoms with E-state index in [0.29, 0.717) is 35.9 Å². The number of primary amides is 1. The molecule has 3 heterocycles. The first-order chi connectivity index (χ1) is 14.0. The number of aromatic nitrogens is 4. The van der Waals surface area contributed by atoms with Crippen molar-refractivity contribution in [1.29, 1.82) is 0 Å². The van der Waals surface area contributed by atoms with Crippen LogP contribution in [0.1, 0.15) is 23.3 Å². The van der Waals surface area contributed by atoms with Gasteiger partial charge in [-0.15, -0.1) is 0 Å². The Balaban J connectivity index is 1.89. The van der Waals surface area contributed by atoms with E-state index in [1.54, 1.807) is 18.2 Å². The third-order valence-electron chi connectivity index (χ3n) is 4.91. The van der Waals surface area contributed by atoms with E-state index in [0.717, 1.165) is 12.8 Å².